The summed E-state index contributed by atoms with van der Waals surface area (Å²) in [6.45, 7) is 4.41. The lowest BCUT2D eigenvalue weighted by Gasteiger charge is -2.46. The van der Waals surface area contributed by atoms with Crippen LogP contribution in [0.15, 0.2) is 41.4 Å². The normalized spacial score (nSPS) is 23.6. The summed E-state index contributed by atoms with van der Waals surface area (Å²) in [4.78, 5) is 17.6. The van der Waals surface area contributed by atoms with Crippen molar-refractivity contribution in [2.24, 2.45) is 28.0 Å². The van der Waals surface area contributed by atoms with E-state index in [9.17, 15) is 13.6 Å². The fourth-order valence-corrected chi connectivity index (χ4v) is 5.56. The van der Waals surface area contributed by atoms with Crippen molar-refractivity contribution in [1.82, 2.24) is 0 Å². The average molecular weight is 523 g/mol. The van der Waals surface area contributed by atoms with Gasteiger partial charge in [-0.25, -0.2) is 8.78 Å². The van der Waals surface area contributed by atoms with E-state index in [0.717, 1.165) is 28.0 Å². The molecule has 1 aliphatic heterocycles. The molecule has 2 atom stereocenters. The van der Waals surface area contributed by atoms with Crippen LogP contribution in [-0.2, 0) is 4.79 Å². The number of carbonyl (C=O) groups excluding carboxylic acids is 1. The van der Waals surface area contributed by atoms with Crippen molar-refractivity contribution in [3.8, 4) is 0 Å². The van der Waals surface area contributed by atoms with Crippen molar-refractivity contribution < 1.29 is 13.6 Å². The molecular formula is C23H24F2IN3O. The molecule has 30 heavy (non-hydrogen) atoms. The fourth-order valence-electron chi connectivity index (χ4n) is 4.71. The minimum Gasteiger partial charge on any atom is -0.387 e. The van der Waals surface area contributed by atoms with E-state index in [1.807, 2.05) is 18.2 Å². The van der Waals surface area contributed by atoms with Crippen molar-refractivity contribution in [1.29, 1.82) is 0 Å². The number of aliphatic imine (C=N–C) groups is 1. The van der Waals surface area contributed by atoms with Gasteiger partial charge < -0.3 is 11.1 Å². The van der Waals surface area contributed by atoms with Crippen molar-refractivity contribution in [2.45, 2.75) is 39.2 Å². The maximum atomic E-state index is 14.0. The number of amidine groups is 1. The number of benzene rings is 2. The number of nitrogens with two attached hydrogens (primary N) is 1. The number of halogens is 3. The summed E-state index contributed by atoms with van der Waals surface area (Å²) in [5.74, 6) is -0.719. The number of nitrogens with one attached hydrogen (secondary N) is 1. The minimum absolute atomic E-state index is 0.145. The van der Waals surface area contributed by atoms with Gasteiger partial charge in [0, 0.05) is 16.1 Å². The molecule has 4 rings (SSSR count). The van der Waals surface area contributed by atoms with Gasteiger partial charge in [-0.3, -0.25) is 9.79 Å². The maximum Gasteiger partial charge on any atom is 0.149 e. The molecule has 2 aromatic carbocycles. The Hall–Kier alpha value is -2.03. The second-order valence-corrected chi connectivity index (χ2v) is 10.1. The van der Waals surface area contributed by atoms with Gasteiger partial charge in [0.2, 0.25) is 0 Å². The predicted molar refractivity (Wildman–Crippen MR) is 123 cm³/mol. The summed E-state index contributed by atoms with van der Waals surface area (Å²) < 4.78 is 28.1. The highest BCUT2D eigenvalue weighted by molar-refractivity contribution is 14.1. The van der Waals surface area contributed by atoms with Gasteiger partial charge in [0.25, 0.3) is 0 Å². The first kappa shape index (κ1) is 21.2. The highest BCUT2D eigenvalue weighted by Gasteiger charge is 2.46. The third kappa shape index (κ3) is 4.08. The molecule has 4 nitrogen and oxygen atoms in total. The van der Waals surface area contributed by atoms with E-state index in [-0.39, 0.29) is 34.8 Å². The second-order valence-electron chi connectivity index (χ2n) is 9.01. The Kier molecular flexibility index (Phi) is 5.59. The van der Waals surface area contributed by atoms with E-state index in [4.69, 9.17) is 10.7 Å². The Labute approximate surface area is 188 Å². The molecule has 1 saturated carbocycles. The molecule has 158 valence electrons. The lowest BCUT2D eigenvalue weighted by atomic mass is 9.58. The highest BCUT2D eigenvalue weighted by atomic mass is 127. The lowest BCUT2D eigenvalue weighted by molar-refractivity contribution is -0.125. The van der Waals surface area contributed by atoms with Crippen LogP contribution in [0.5, 0.6) is 0 Å². The molecule has 0 aromatic heterocycles. The summed E-state index contributed by atoms with van der Waals surface area (Å²) in [7, 11) is 0. The molecule has 1 heterocycles. The predicted octanol–water partition coefficient (Wildman–Crippen LogP) is 5.74. The quantitative estimate of drug-likeness (QED) is 0.503. The fraction of sp³-hybridized carbons (Fsp3) is 0.391. The zero-order chi connectivity index (χ0) is 21.6. The van der Waals surface area contributed by atoms with E-state index in [1.54, 1.807) is 0 Å². The number of hydrogen-bond donors (Lipinski definition) is 2. The lowest BCUT2D eigenvalue weighted by Crippen LogP contribution is -2.47. The smallest absolute Gasteiger partial charge is 0.149 e. The average Bonchev–Trinajstić information content (AvgIpc) is 2.63. The number of carbonyl (C=O) groups is 1. The Morgan fingerprint density at radius 1 is 1.17 bits per heavy atom. The standard InChI is InChI=1S/C23H24F2IN3O/c1-23(2)10-12(11-23)20-19(30)9-18(29-22(20)27)14-4-3-5-17(21(14)26)28-16-7-6-13(24)8-15(16)25/h3-8,12,18,20,28H,9-11H2,1-2H3,(H2,27,29). The molecule has 7 heteroatoms. The molecular weight excluding hydrogens is 499 g/mol. The largest absolute Gasteiger partial charge is 0.387 e. The summed E-state index contributed by atoms with van der Waals surface area (Å²) in [6.07, 6.45) is 2.29. The monoisotopic (exact) mass is 523 g/mol. The number of nitrogens with zero attached hydrogens (tertiary/aromatic N) is 1. The van der Waals surface area contributed by atoms with Crippen LogP contribution in [0.2, 0.25) is 0 Å². The van der Waals surface area contributed by atoms with Crippen LogP contribution in [0.1, 0.15) is 44.7 Å². The van der Waals surface area contributed by atoms with Crippen LogP contribution in [0.25, 0.3) is 0 Å². The number of Topliss-reactive ketones (excluding diaryl/α,β-unsaturated/α-hetero) is 1. The third-order valence-corrected chi connectivity index (χ3v) is 7.26. The first-order chi connectivity index (χ1) is 14.1. The number of rotatable bonds is 4. The molecule has 3 N–H and O–H groups in total. The molecule has 0 bridgehead atoms. The first-order valence-electron chi connectivity index (χ1n) is 10.0. The van der Waals surface area contributed by atoms with E-state index in [1.165, 1.54) is 12.1 Å². The van der Waals surface area contributed by atoms with E-state index in [2.05, 4.69) is 41.8 Å². The molecule has 2 aromatic rings. The van der Waals surface area contributed by atoms with Crippen molar-refractivity contribution in [2.75, 3.05) is 5.32 Å². The Balaban J connectivity index is 1.58. The minimum atomic E-state index is -0.669. The summed E-state index contributed by atoms with van der Waals surface area (Å²) in [5.41, 5.74) is 8.26. The second kappa shape index (κ2) is 7.90. The van der Waals surface area contributed by atoms with Gasteiger partial charge in [0.05, 0.1) is 23.3 Å². The van der Waals surface area contributed by atoms with Gasteiger partial charge in [-0.2, -0.15) is 0 Å². The Bertz CT molecular complexity index is 1030. The third-order valence-electron chi connectivity index (χ3n) is 6.05. The summed E-state index contributed by atoms with van der Waals surface area (Å²) in [6, 6.07) is 8.60. The van der Waals surface area contributed by atoms with Crippen molar-refractivity contribution in [3.63, 3.8) is 0 Å². The van der Waals surface area contributed by atoms with Gasteiger partial charge in [0.1, 0.15) is 23.3 Å². The van der Waals surface area contributed by atoms with Crippen molar-refractivity contribution >= 4 is 45.6 Å². The number of ketones is 1. The van der Waals surface area contributed by atoms with Crippen LogP contribution < -0.4 is 11.1 Å². The number of anilines is 2. The Morgan fingerprint density at radius 2 is 1.90 bits per heavy atom. The van der Waals surface area contributed by atoms with Gasteiger partial charge in [-0.05, 0) is 70.5 Å². The summed E-state index contributed by atoms with van der Waals surface area (Å²) >= 11 is 2.16. The maximum absolute atomic E-state index is 14.0. The van der Waals surface area contributed by atoms with E-state index >= 15 is 0 Å². The van der Waals surface area contributed by atoms with Crippen molar-refractivity contribution in [3.05, 3.63) is 57.2 Å². The van der Waals surface area contributed by atoms with Gasteiger partial charge in [-0.1, -0.05) is 26.0 Å². The van der Waals surface area contributed by atoms with Crippen LogP contribution in [0.3, 0.4) is 0 Å². The van der Waals surface area contributed by atoms with Gasteiger partial charge >= 0.3 is 0 Å². The SMILES string of the molecule is CC1(C)CC(C2C(=O)CC(c3cccc(Nc4ccc(F)cc4F)c3I)N=C2N)C1. The van der Waals surface area contributed by atoms with Crippen LogP contribution >= 0.6 is 22.6 Å². The molecule has 1 aliphatic carbocycles. The molecule has 0 saturated heterocycles. The molecule has 2 unspecified atom stereocenters. The molecule has 0 radical (unpaired) electrons. The molecule has 2 aliphatic rings. The van der Waals surface area contributed by atoms with Gasteiger partial charge in [-0.15, -0.1) is 0 Å². The van der Waals surface area contributed by atoms with Gasteiger partial charge in [0.15, 0.2) is 0 Å². The molecule has 1 fully saturated rings. The van der Waals surface area contributed by atoms with E-state index < -0.39 is 11.6 Å². The molecule has 0 amide bonds. The van der Waals surface area contributed by atoms with E-state index in [0.29, 0.717) is 17.9 Å². The van der Waals surface area contributed by atoms with Crippen LogP contribution in [0, 0.1) is 32.5 Å². The topological polar surface area (TPSA) is 67.5 Å². The zero-order valence-electron chi connectivity index (χ0n) is 16.9. The zero-order valence-corrected chi connectivity index (χ0v) is 19.0. The Morgan fingerprint density at radius 3 is 2.53 bits per heavy atom. The van der Waals surface area contributed by atoms with Crippen LogP contribution in [0.4, 0.5) is 20.2 Å². The van der Waals surface area contributed by atoms with Crippen LogP contribution in [-0.4, -0.2) is 11.6 Å². The molecule has 0 spiro atoms. The summed E-state index contributed by atoms with van der Waals surface area (Å²) in [5, 5.41) is 3.01. The first-order valence-corrected chi connectivity index (χ1v) is 11.1. The number of hydrogen-bond acceptors (Lipinski definition) is 4. The highest BCUT2D eigenvalue weighted by Crippen LogP contribution is 2.50.